The molecular formula is C9H17N2O3. The van der Waals surface area contributed by atoms with E-state index in [0.717, 1.165) is 25.7 Å². The number of amides is 2. The van der Waals surface area contributed by atoms with Crippen LogP contribution in [0.3, 0.4) is 0 Å². The van der Waals surface area contributed by atoms with Crippen LogP contribution in [0.2, 0.25) is 0 Å². The highest BCUT2D eigenvalue weighted by Gasteiger charge is 1.97. The van der Waals surface area contributed by atoms with Crippen LogP contribution in [-0.4, -0.2) is 25.7 Å². The van der Waals surface area contributed by atoms with Crippen molar-refractivity contribution in [1.29, 1.82) is 0 Å². The molecule has 0 rings (SSSR count). The van der Waals surface area contributed by atoms with Crippen LogP contribution in [0.25, 0.3) is 0 Å². The van der Waals surface area contributed by atoms with E-state index in [1.54, 1.807) is 0 Å². The van der Waals surface area contributed by atoms with Crippen molar-refractivity contribution in [2.24, 2.45) is 0 Å². The molecule has 0 aromatic heterocycles. The fraction of sp³-hybridized carbons (Fsp3) is 0.778. The fourth-order valence-corrected chi connectivity index (χ4v) is 1.03. The molecule has 0 aliphatic heterocycles. The van der Waals surface area contributed by atoms with Crippen molar-refractivity contribution in [3.63, 3.8) is 0 Å². The van der Waals surface area contributed by atoms with Gasteiger partial charge >= 0.3 is 6.09 Å². The maximum Gasteiger partial charge on any atom is 0.406 e. The van der Waals surface area contributed by atoms with Crippen molar-refractivity contribution in [3.8, 4) is 0 Å². The van der Waals surface area contributed by atoms with E-state index in [1.165, 1.54) is 7.11 Å². The second-order valence-corrected chi connectivity index (χ2v) is 3.01. The maximum absolute atomic E-state index is 10.6. The van der Waals surface area contributed by atoms with Gasteiger partial charge in [0.05, 0.1) is 7.11 Å². The number of carbonyl (C=O) groups excluding carboxylic acids is 2. The van der Waals surface area contributed by atoms with Crippen molar-refractivity contribution < 1.29 is 14.3 Å². The third-order valence-electron chi connectivity index (χ3n) is 1.79. The molecule has 81 valence electrons. The van der Waals surface area contributed by atoms with Crippen LogP contribution in [0.4, 0.5) is 4.79 Å². The van der Waals surface area contributed by atoms with Crippen molar-refractivity contribution in [1.82, 2.24) is 11.1 Å². The van der Waals surface area contributed by atoms with E-state index in [0.29, 0.717) is 13.0 Å². The molecule has 1 radical (unpaired) electrons. The highest BCUT2D eigenvalue weighted by atomic mass is 16.5. The van der Waals surface area contributed by atoms with Crippen LogP contribution in [0, 0.1) is 0 Å². The number of hydrogen-bond donors (Lipinski definition) is 1. The van der Waals surface area contributed by atoms with E-state index in [4.69, 9.17) is 5.73 Å². The molecule has 0 unspecified atom stereocenters. The normalized spacial score (nSPS) is 9.50. The average molecular weight is 201 g/mol. The number of hydrogen-bond acceptors (Lipinski definition) is 3. The third-order valence-corrected chi connectivity index (χ3v) is 1.79. The fourth-order valence-electron chi connectivity index (χ4n) is 1.03. The molecule has 0 saturated carbocycles. The van der Waals surface area contributed by atoms with Crippen LogP contribution >= 0.6 is 0 Å². The third kappa shape index (κ3) is 8.83. The minimum atomic E-state index is -0.502. The number of alkyl carbamates (subject to hydrolysis) is 1. The molecule has 5 heteroatoms. The monoisotopic (exact) mass is 201 g/mol. The lowest BCUT2D eigenvalue weighted by Crippen LogP contribution is -2.23. The van der Waals surface area contributed by atoms with Gasteiger partial charge in [0.25, 0.3) is 0 Å². The largest absolute Gasteiger partial charge is 0.453 e. The van der Waals surface area contributed by atoms with Gasteiger partial charge in [0.15, 0.2) is 0 Å². The van der Waals surface area contributed by atoms with Gasteiger partial charge in [0, 0.05) is 13.0 Å². The Morgan fingerprint density at radius 2 is 1.86 bits per heavy atom. The Labute approximate surface area is 84.0 Å². The topological polar surface area (TPSA) is 79.2 Å². The molecule has 0 aliphatic carbocycles. The summed E-state index contributed by atoms with van der Waals surface area (Å²) in [5, 5.41) is 2.57. The van der Waals surface area contributed by atoms with Crippen LogP contribution < -0.4 is 11.1 Å². The highest BCUT2D eigenvalue weighted by Crippen LogP contribution is 2.01. The number of ether oxygens (including phenoxy) is 1. The van der Waals surface area contributed by atoms with Crippen LogP contribution in [0.5, 0.6) is 0 Å². The maximum atomic E-state index is 10.6. The SMILES string of the molecule is COC(=O)NCCCCCCC([NH])=O. The lowest BCUT2D eigenvalue weighted by Gasteiger charge is -2.02. The predicted molar refractivity (Wildman–Crippen MR) is 51.6 cm³/mol. The van der Waals surface area contributed by atoms with Gasteiger partial charge in [-0.05, 0) is 12.8 Å². The molecule has 0 aromatic carbocycles. The Hall–Kier alpha value is -1.26. The summed E-state index contributed by atoms with van der Waals surface area (Å²) in [6.07, 6.45) is 3.45. The number of methoxy groups -OCH3 is 1. The van der Waals surface area contributed by atoms with Crippen molar-refractivity contribution in [2.75, 3.05) is 13.7 Å². The Morgan fingerprint density at radius 3 is 2.43 bits per heavy atom. The van der Waals surface area contributed by atoms with E-state index in [1.807, 2.05) is 0 Å². The summed E-state index contributed by atoms with van der Waals surface area (Å²) in [4.78, 5) is 20.8. The van der Waals surface area contributed by atoms with Gasteiger partial charge in [0.1, 0.15) is 0 Å². The first kappa shape index (κ1) is 12.7. The molecule has 0 saturated heterocycles. The Morgan fingerprint density at radius 1 is 1.21 bits per heavy atom. The molecule has 14 heavy (non-hydrogen) atoms. The molecule has 2 N–H and O–H groups in total. The zero-order chi connectivity index (χ0) is 10.8. The summed E-state index contributed by atoms with van der Waals surface area (Å²) in [7, 11) is 1.33. The van der Waals surface area contributed by atoms with Gasteiger partial charge in [0.2, 0.25) is 5.91 Å². The van der Waals surface area contributed by atoms with Gasteiger partial charge in [-0.25, -0.2) is 4.79 Å². The van der Waals surface area contributed by atoms with Gasteiger partial charge in [-0.15, -0.1) is 0 Å². The van der Waals surface area contributed by atoms with E-state index >= 15 is 0 Å². The van der Waals surface area contributed by atoms with E-state index < -0.39 is 12.0 Å². The number of rotatable bonds is 7. The van der Waals surface area contributed by atoms with Crippen molar-refractivity contribution in [3.05, 3.63) is 0 Å². The molecule has 0 atom stereocenters. The molecule has 0 aromatic rings. The quantitative estimate of drug-likeness (QED) is 0.626. The summed E-state index contributed by atoms with van der Waals surface area (Å²) in [5.74, 6) is -0.502. The second kappa shape index (κ2) is 8.34. The van der Waals surface area contributed by atoms with Crippen molar-refractivity contribution in [2.45, 2.75) is 32.1 Å². The molecule has 0 spiro atoms. The first-order valence-electron chi connectivity index (χ1n) is 4.73. The Bertz CT molecular complexity index is 183. The number of nitrogens with one attached hydrogen (secondary N) is 2. The second-order valence-electron chi connectivity index (χ2n) is 3.01. The van der Waals surface area contributed by atoms with E-state index in [9.17, 15) is 9.59 Å². The zero-order valence-electron chi connectivity index (χ0n) is 8.47. The Kier molecular flexibility index (Phi) is 7.59. The summed E-state index contributed by atoms with van der Waals surface area (Å²) in [5.41, 5.74) is 6.66. The Balaban J connectivity index is 3.06. The molecule has 0 heterocycles. The number of unbranched alkanes of at least 4 members (excludes halogenated alkanes) is 3. The van der Waals surface area contributed by atoms with Gasteiger partial charge < -0.3 is 10.1 Å². The van der Waals surface area contributed by atoms with Gasteiger partial charge in [-0.2, -0.15) is 0 Å². The van der Waals surface area contributed by atoms with E-state index in [-0.39, 0.29) is 0 Å². The van der Waals surface area contributed by atoms with Gasteiger partial charge in [-0.3, -0.25) is 10.5 Å². The lowest BCUT2D eigenvalue weighted by molar-refractivity contribution is -0.118. The zero-order valence-corrected chi connectivity index (χ0v) is 8.47. The molecule has 0 aliphatic rings. The first-order chi connectivity index (χ1) is 6.66. The summed E-state index contributed by atoms with van der Waals surface area (Å²) in [6.45, 7) is 0.599. The first-order valence-corrected chi connectivity index (χ1v) is 4.73. The minimum Gasteiger partial charge on any atom is -0.453 e. The summed E-state index contributed by atoms with van der Waals surface area (Å²) < 4.78 is 4.39. The molecule has 5 nitrogen and oxygen atoms in total. The van der Waals surface area contributed by atoms with Crippen LogP contribution in [0.1, 0.15) is 32.1 Å². The number of carbonyl (C=O) groups is 2. The molecule has 0 bridgehead atoms. The highest BCUT2D eigenvalue weighted by molar-refractivity contribution is 5.72. The summed E-state index contributed by atoms with van der Waals surface area (Å²) in [6, 6.07) is 0. The van der Waals surface area contributed by atoms with E-state index in [2.05, 4.69) is 10.1 Å². The van der Waals surface area contributed by atoms with Gasteiger partial charge in [-0.1, -0.05) is 12.8 Å². The molecular weight excluding hydrogens is 184 g/mol. The minimum absolute atomic E-state index is 0.338. The lowest BCUT2D eigenvalue weighted by atomic mass is 10.1. The molecule has 0 fully saturated rings. The van der Waals surface area contributed by atoms with Crippen molar-refractivity contribution >= 4 is 12.0 Å². The average Bonchev–Trinajstić information content (AvgIpc) is 2.15. The standard InChI is InChI=1S/C9H17N2O3/c1-14-9(13)11-7-5-3-2-4-6-8(10)12/h10H,2-7H2,1H3,(H,11,13). The van der Waals surface area contributed by atoms with Crippen LogP contribution in [0.15, 0.2) is 0 Å². The van der Waals surface area contributed by atoms with Crippen LogP contribution in [-0.2, 0) is 9.53 Å². The smallest absolute Gasteiger partial charge is 0.406 e. The predicted octanol–water partition coefficient (Wildman–Crippen LogP) is 1.10. The molecule has 2 amide bonds. The summed E-state index contributed by atoms with van der Waals surface area (Å²) >= 11 is 0.